The molecule has 0 aliphatic carbocycles. The number of hydrogen-bond acceptors (Lipinski definition) is 3. The summed E-state index contributed by atoms with van der Waals surface area (Å²) in [6.45, 7) is 4.45. The summed E-state index contributed by atoms with van der Waals surface area (Å²) in [7, 11) is 0. The SMILES string of the molecule is Cc1ccc(COc2ccccc2/C=C(\C#N)C(=O)Nc2ccccc2F)cc1C. The number of rotatable bonds is 6. The first-order valence-corrected chi connectivity index (χ1v) is 9.43. The van der Waals surface area contributed by atoms with Crippen LogP contribution in [-0.2, 0) is 11.4 Å². The molecule has 0 saturated carbocycles. The minimum atomic E-state index is -0.688. The Labute approximate surface area is 175 Å². The summed E-state index contributed by atoms with van der Waals surface area (Å²) in [4.78, 5) is 12.5. The predicted octanol–water partition coefficient (Wildman–Crippen LogP) is 5.57. The number of hydrogen-bond donors (Lipinski definition) is 1. The Hall–Kier alpha value is -3.91. The zero-order valence-corrected chi connectivity index (χ0v) is 16.8. The van der Waals surface area contributed by atoms with Gasteiger partial charge in [-0.25, -0.2) is 4.39 Å². The fourth-order valence-corrected chi connectivity index (χ4v) is 2.84. The lowest BCUT2D eigenvalue weighted by Gasteiger charge is -2.11. The lowest BCUT2D eigenvalue weighted by atomic mass is 10.1. The van der Waals surface area contributed by atoms with Crippen LogP contribution in [0.15, 0.2) is 72.3 Å². The van der Waals surface area contributed by atoms with Crippen LogP contribution < -0.4 is 10.1 Å². The van der Waals surface area contributed by atoms with E-state index in [0.29, 0.717) is 17.9 Å². The molecule has 0 saturated heterocycles. The Morgan fingerprint density at radius 1 is 1.07 bits per heavy atom. The number of anilines is 1. The van der Waals surface area contributed by atoms with Gasteiger partial charge >= 0.3 is 0 Å². The summed E-state index contributed by atoms with van der Waals surface area (Å²) < 4.78 is 19.7. The van der Waals surface area contributed by atoms with E-state index in [0.717, 1.165) is 5.56 Å². The van der Waals surface area contributed by atoms with Gasteiger partial charge in [-0.2, -0.15) is 5.26 Å². The van der Waals surface area contributed by atoms with Crippen molar-refractivity contribution in [1.82, 2.24) is 0 Å². The van der Waals surface area contributed by atoms with E-state index in [1.807, 2.05) is 31.2 Å². The van der Waals surface area contributed by atoms with Crippen molar-refractivity contribution in [3.8, 4) is 11.8 Å². The molecule has 0 heterocycles. The number of nitrogens with one attached hydrogen (secondary N) is 1. The van der Waals surface area contributed by atoms with Crippen LogP contribution in [0.2, 0.25) is 0 Å². The Bertz CT molecular complexity index is 1150. The number of aryl methyl sites for hydroxylation is 2. The summed E-state index contributed by atoms with van der Waals surface area (Å²) in [5, 5.41) is 11.9. The van der Waals surface area contributed by atoms with E-state index in [2.05, 4.69) is 18.3 Å². The van der Waals surface area contributed by atoms with Crippen molar-refractivity contribution in [3.63, 3.8) is 0 Å². The average Bonchev–Trinajstić information content (AvgIpc) is 2.75. The number of nitriles is 1. The molecule has 5 heteroatoms. The highest BCUT2D eigenvalue weighted by Gasteiger charge is 2.13. The highest BCUT2D eigenvalue weighted by molar-refractivity contribution is 6.09. The van der Waals surface area contributed by atoms with E-state index in [1.165, 1.54) is 35.4 Å². The molecule has 1 amide bonds. The molecule has 0 aliphatic heterocycles. The second-order valence-electron chi connectivity index (χ2n) is 6.85. The predicted molar refractivity (Wildman–Crippen MR) is 115 cm³/mol. The van der Waals surface area contributed by atoms with Crippen molar-refractivity contribution in [2.75, 3.05) is 5.32 Å². The molecular weight excluding hydrogens is 379 g/mol. The third-order valence-electron chi connectivity index (χ3n) is 4.67. The first-order valence-electron chi connectivity index (χ1n) is 9.43. The van der Waals surface area contributed by atoms with Gasteiger partial charge in [0.1, 0.15) is 29.8 Å². The maximum atomic E-state index is 13.8. The van der Waals surface area contributed by atoms with Crippen molar-refractivity contribution in [2.45, 2.75) is 20.5 Å². The van der Waals surface area contributed by atoms with Gasteiger partial charge in [0.2, 0.25) is 0 Å². The van der Waals surface area contributed by atoms with Crippen molar-refractivity contribution in [3.05, 3.63) is 100 Å². The Balaban J connectivity index is 1.79. The third kappa shape index (κ3) is 5.12. The number of carbonyl (C=O) groups is 1. The molecule has 0 radical (unpaired) electrons. The smallest absolute Gasteiger partial charge is 0.266 e. The van der Waals surface area contributed by atoms with Gasteiger partial charge in [0, 0.05) is 5.56 Å². The van der Waals surface area contributed by atoms with Gasteiger partial charge in [-0.05, 0) is 54.8 Å². The largest absolute Gasteiger partial charge is 0.488 e. The molecule has 0 aliphatic rings. The van der Waals surface area contributed by atoms with Crippen molar-refractivity contribution in [1.29, 1.82) is 5.26 Å². The number of carbonyl (C=O) groups excluding carboxylic acids is 1. The summed E-state index contributed by atoms with van der Waals surface area (Å²) in [6.07, 6.45) is 1.44. The first-order chi connectivity index (χ1) is 14.5. The van der Waals surface area contributed by atoms with Gasteiger partial charge < -0.3 is 10.1 Å². The molecule has 3 rings (SSSR count). The maximum Gasteiger partial charge on any atom is 0.266 e. The Morgan fingerprint density at radius 2 is 1.80 bits per heavy atom. The van der Waals surface area contributed by atoms with Crippen LogP contribution in [0.1, 0.15) is 22.3 Å². The zero-order valence-electron chi connectivity index (χ0n) is 16.8. The van der Waals surface area contributed by atoms with Crippen molar-refractivity contribution in [2.24, 2.45) is 0 Å². The maximum absolute atomic E-state index is 13.8. The molecule has 0 atom stereocenters. The Morgan fingerprint density at radius 3 is 2.53 bits per heavy atom. The molecule has 1 N–H and O–H groups in total. The van der Waals surface area contributed by atoms with E-state index in [9.17, 15) is 14.4 Å². The molecule has 30 heavy (non-hydrogen) atoms. The summed E-state index contributed by atoms with van der Waals surface area (Å²) in [5.41, 5.74) is 3.86. The van der Waals surface area contributed by atoms with E-state index in [4.69, 9.17) is 4.74 Å². The first kappa shape index (κ1) is 20.8. The van der Waals surface area contributed by atoms with Crippen LogP contribution in [0.3, 0.4) is 0 Å². The number of halogens is 1. The Kier molecular flexibility index (Phi) is 6.61. The molecule has 0 bridgehead atoms. The van der Waals surface area contributed by atoms with E-state index < -0.39 is 11.7 Å². The van der Waals surface area contributed by atoms with Crippen LogP contribution in [0.4, 0.5) is 10.1 Å². The van der Waals surface area contributed by atoms with Crippen molar-refractivity contribution < 1.29 is 13.9 Å². The molecule has 3 aromatic rings. The average molecular weight is 400 g/mol. The molecule has 0 aromatic heterocycles. The highest BCUT2D eigenvalue weighted by atomic mass is 19.1. The normalized spacial score (nSPS) is 10.9. The fraction of sp³-hybridized carbons (Fsp3) is 0.120. The number of amides is 1. The number of nitrogens with zero attached hydrogens (tertiary/aromatic N) is 1. The van der Waals surface area contributed by atoms with Gasteiger partial charge in [0.15, 0.2) is 0 Å². The lowest BCUT2D eigenvalue weighted by molar-refractivity contribution is -0.112. The monoisotopic (exact) mass is 400 g/mol. The lowest BCUT2D eigenvalue weighted by Crippen LogP contribution is -2.14. The van der Waals surface area contributed by atoms with Gasteiger partial charge in [-0.3, -0.25) is 4.79 Å². The summed E-state index contributed by atoms with van der Waals surface area (Å²) >= 11 is 0. The standard InChI is InChI=1S/C25H21FN2O2/c1-17-11-12-19(13-18(17)2)16-30-24-10-6-3-7-20(24)14-21(15-27)25(29)28-23-9-5-4-8-22(23)26/h3-14H,16H2,1-2H3,(H,28,29)/b21-14+. The number of benzene rings is 3. The molecule has 0 fully saturated rings. The van der Waals surface area contributed by atoms with Crippen LogP contribution in [0, 0.1) is 31.0 Å². The van der Waals surface area contributed by atoms with Crippen molar-refractivity contribution >= 4 is 17.7 Å². The molecular formula is C25H21FN2O2. The quantitative estimate of drug-likeness (QED) is 0.435. The van der Waals surface area contributed by atoms with Crippen LogP contribution in [0.5, 0.6) is 5.75 Å². The van der Waals surface area contributed by atoms with Gasteiger partial charge in [-0.15, -0.1) is 0 Å². The fourth-order valence-electron chi connectivity index (χ4n) is 2.84. The zero-order chi connectivity index (χ0) is 21.5. The van der Waals surface area contributed by atoms with Gasteiger partial charge in [-0.1, -0.05) is 48.5 Å². The second kappa shape index (κ2) is 9.53. The molecule has 150 valence electrons. The molecule has 3 aromatic carbocycles. The van der Waals surface area contributed by atoms with Gasteiger partial charge in [0.25, 0.3) is 5.91 Å². The minimum Gasteiger partial charge on any atom is -0.488 e. The number of ether oxygens (including phenoxy) is 1. The molecule has 4 nitrogen and oxygen atoms in total. The van der Waals surface area contributed by atoms with Crippen LogP contribution in [0.25, 0.3) is 6.08 Å². The second-order valence-corrected chi connectivity index (χ2v) is 6.85. The number of para-hydroxylation sites is 2. The van der Waals surface area contributed by atoms with E-state index >= 15 is 0 Å². The van der Waals surface area contributed by atoms with E-state index in [-0.39, 0.29) is 11.3 Å². The molecule has 0 unspecified atom stereocenters. The topological polar surface area (TPSA) is 62.1 Å². The summed E-state index contributed by atoms with van der Waals surface area (Å²) in [5.74, 6) is -0.714. The molecule has 0 spiro atoms. The van der Waals surface area contributed by atoms with Crippen LogP contribution >= 0.6 is 0 Å². The highest BCUT2D eigenvalue weighted by Crippen LogP contribution is 2.23. The summed E-state index contributed by atoms with van der Waals surface area (Å²) in [6, 6.07) is 20.9. The van der Waals surface area contributed by atoms with Gasteiger partial charge in [0.05, 0.1) is 5.69 Å². The van der Waals surface area contributed by atoms with Crippen LogP contribution in [-0.4, -0.2) is 5.91 Å². The third-order valence-corrected chi connectivity index (χ3v) is 4.67. The minimum absolute atomic E-state index is 0.0166. The van der Waals surface area contributed by atoms with E-state index in [1.54, 1.807) is 24.3 Å².